The van der Waals surface area contributed by atoms with Crippen molar-refractivity contribution in [1.29, 1.82) is 0 Å². The summed E-state index contributed by atoms with van der Waals surface area (Å²) in [6.07, 6.45) is 0.713. The van der Waals surface area contributed by atoms with E-state index in [0.29, 0.717) is 6.42 Å². The van der Waals surface area contributed by atoms with Crippen molar-refractivity contribution in [3.05, 3.63) is 59.7 Å². The Morgan fingerprint density at radius 3 is 2.30 bits per heavy atom. The first kappa shape index (κ1) is 16.3. The fourth-order valence-corrected chi connectivity index (χ4v) is 2.10. The Bertz CT molecular complexity index is 531. The minimum absolute atomic E-state index is 0. The highest BCUT2D eigenvalue weighted by Gasteiger charge is 2.11. The summed E-state index contributed by atoms with van der Waals surface area (Å²) < 4.78 is 10.6. The monoisotopic (exact) mass is 293 g/mol. The quantitative estimate of drug-likeness (QED) is 0.919. The highest BCUT2D eigenvalue weighted by atomic mass is 35.5. The van der Waals surface area contributed by atoms with E-state index < -0.39 is 0 Å². The molecule has 0 aliphatic rings. The Morgan fingerprint density at radius 2 is 1.70 bits per heavy atom. The number of methoxy groups -OCH3 is 2. The normalized spacial score (nSPS) is 11.3. The summed E-state index contributed by atoms with van der Waals surface area (Å²) in [5.41, 5.74) is 8.42. The molecule has 2 aromatic rings. The van der Waals surface area contributed by atoms with Gasteiger partial charge in [-0.3, -0.25) is 0 Å². The zero-order chi connectivity index (χ0) is 13.7. The van der Waals surface area contributed by atoms with Gasteiger partial charge in [0.15, 0.2) is 0 Å². The van der Waals surface area contributed by atoms with Gasteiger partial charge in [-0.2, -0.15) is 0 Å². The molecule has 0 aliphatic heterocycles. The third-order valence-corrected chi connectivity index (χ3v) is 3.16. The lowest BCUT2D eigenvalue weighted by Gasteiger charge is -2.15. The van der Waals surface area contributed by atoms with Gasteiger partial charge in [-0.15, -0.1) is 12.4 Å². The van der Waals surface area contributed by atoms with Gasteiger partial charge in [0, 0.05) is 6.04 Å². The van der Waals surface area contributed by atoms with Crippen LogP contribution in [0, 0.1) is 0 Å². The molecule has 0 aliphatic carbocycles. The molecule has 2 N–H and O–H groups in total. The van der Waals surface area contributed by atoms with Gasteiger partial charge in [0.25, 0.3) is 0 Å². The molecule has 0 amide bonds. The smallest absolute Gasteiger partial charge is 0.122 e. The van der Waals surface area contributed by atoms with Gasteiger partial charge in [0.1, 0.15) is 11.5 Å². The summed E-state index contributed by atoms with van der Waals surface area (Å²) in [6.45, 7) is 0. The highest BCUT2D eigenvalue weighted by molar-refractivity contribution is 5.85. The lowest BCUT2D eigenvalue weighted by atomic mass is 9.99. The fourth-order valence-electron chi connectivity index (χ4n) is 2.10. The Hall–Kier alpha value is -1.71. The van der Waals surface area contributed by atoms with Crippen LogP contribution in [0.5, 0.6) is 11.5 Å². The molecule has 2 aromatic carbocycles. The van der Waals surface area contributed by atoms with Crippen LogP contribution in [0.25, 0.3) is 0 Å². The van der Waals surface area contributed by atoms with E-state index in [2.05, 4.69) is 0 Å². The molecule has 0 fully saturated rings. The van der Waals surface area contributed by atoms with Crippen LogP contribution in [0.2, 0.25) is 0 Å². The van der Waals surface area contributed by atoms with Crippen LogP contribution < -0.4 is 15.2 Å². The molecule has 3 nitrogen and oxygen atoms in total. The van der Waals surface area contributed by atoms with Gasteiger partial charge in [0.2, 0.25) is 0 Å². The maximum atomic E-state index is 6.25. The predicted octanol–water partition coefficient (Wildman–Crippen LogP) is 3.37. The number of rotatable bonds is 5. The van der Waals surface area contributed by atoms with Crippen molar-refractivity contribution in [2.24, 2.45) is 5.73 Å². The molecule has 2 rings (SSSR count). The van der Waals surface area contributed by atoms with Crippen molar-refractivity contribution in [3.63, 3.8) is 0 Å². The topological polar surface area (TPSA) is 44.5 Å². The third kappa shape index (κ3) is 3.89. The molecule has 4 heteroatoms. The second-order valence-corrected chi connectivity index (χ2v) is 4.40. The maximum Gasteiger partial charge on any atom is 0.122 e. The molecule has 0 bridgehead atoms. The third-order valence-electron chi connectivity index (χ3n) is 3.16. The van der Waals surface area contributed by atoms with Crippen LogP contribution in [0.4, 0.5) is 0 Å². The predicted molar refractivity (Wildman–Crippen MR) is 83.9 cm³/mol. The van der Waals surface area contributed by atoms with Gasteiger partial charge in [0.05, 0.1) is 14.2 Å². The molecule has 0 heterocycles. The number of halogens is 1. The first-order chi connectivity index (χ1) is 9.24. The zero-order valence-corrected chi connectivity index (χ0v) is 12.5. The zero-order valence-electron chi connectivity index (χ0n) is 11.7. The van der Waals surface area contributed by atoms with E-state index in [1.165, 1.54) is 0 Å². The van der Waals surface area contributed by atoms with Crippen molar-refractivity contribution in [3.8, 4) is 11.5 Å². The van der Waals surface area contributed by atoms with Crippen molar-refractivity contribution in [2.75, 3.05) is 14.2 Å². The molecule has 0 saturated heterocycles. The Morgan fingerprint density at radius 1 is 1.00 bits per heavy atom. The van der Waals surface area contributed by atoms with E-state index in [0.717, 1.165) is 22.6 Å². The van der Waals surface area contributed by atoms with Crippen molar-refractivity contribution < 1.29 is 9.47 Å². The van der Waals surface area contributed by atoms with Crippen LogP contribution in [0.15, 0.2) is 48.5 Å². The van der Waals surface area contributed by atoms with E-state index in [1.54, 1.807) is 14.2 Å². The largest absolute Gasteiger partial charge is 0.497 e. The molecule has 108 valence electrons. The van der Waals surface area contributed by atoms with Crippen LogP contribution in [0.3, 0.4) is 0 Å². The SMILES string of the molecule is COc1ccc(OC)c(CC(N)c2ccccc2)c1.Cl. The van der Waals surface area contributed by atoms with Crippen molar-refractivity contribution in [2.45, 2.75) is 12.5 Å². The lowest BCUT2D eigenvalue weighted by molar-refractivity contribution is 0.397. The van der Waals surface area contributed by atoms with E-state index >= 15 is 0 Å². The van der Waals surface area contributed by atoms with Crippen LogP contribution in [-0.4, -0.2) is 14.2 Å². The average Bonchev–Trinajstić information content (AvgIpc) is 2.48. The Labute approximate surface area is 126 Å². The Balaban J connectivity index is 0.00000200. The van der Waals surface area contributed by atoms with E-state index in [-0.39, 0.29) is 18.4 Å². The minimum atomic E-state index is -0.0535. The lowest BCUT2D eigenvalue weighted by Crippen LogP contribution is -2.13. The number of hydrogen-bond acceptors (Lipinski definition) is 3. The van der Waals surface area contributed by atoms with Gasteiger partial charge >= 0.3 is 0 Å². The van der Waals surface area contributed by atoms with Crippen LogP contribution >= 0.6 is 12.4 Å². The molecule has 20 heavy (non-hydrogen) atoms. The number of hydrogen-bond donors (Lipinski definition) is 1. The second kappa shape index (κ2) is 7.78. The molecular formula is C16H20ClNO2. The summed E-state index contributed by atoms with van der Waals surface area (Å²) >= 11 is 0. The molecule has 1 atom stereocenters. The first-order valence-electron chi connectivity index (χ1n) is 6.26. The second-order valence-electron chi connectivity index (χ2n) is 4.40. The van der Waals surface area contributed by atoms with Gasteiger partial charge < -0.3 is 15.2 Å². The maximum absolute atomic E-state index is 6.25. The summed E-state index contributed by atoms with van der Waals surface area (Å²) in [5, 5.41) is 0. The summed E-state index contributed by atoms with van der Waals surface area (Å²) in [5.74, 6) is 1.66. The van der Waals surface area contributed by atoms with E-state index in [1.807, 2.05) is 48.5 Å². The van der Waals surface area contributed by atoms with Gasteiger partial charge in [-0.1, -0.05) is 30.3 Å². The van der Waals surface area contributed by atoms with Gasteiger partial charge in [-0.05, 0) is 35.7 Å². The van der Waals surface area contributed by atoms with Crippen LogP contribution in [-0.2, 0) is 6.42 Å². The van der Waals surface area contributed by atoms with E-state index in [9.17, 15) is 0 Å². The molecule has 0 aromatic heterocycles. The molecule has 0 saturated carbocycles. The summed E-state index contributed by atoms with van der Waals surface area (Å²) in [7, 11) is 3.32. The molecular weight excluding hydrogens is 274 g/mol. The van der Waals surface area contributed by atoms with Crippen molar-refractivity contribution in [1.82, 2.24) is 0 Å². The van der Waals surface area contributed by atoms with E-state index in [4.69, 9.17) is 15.2 Å². The van der Waals surface area contributed by atoms with Crippen molar-refractivity contribution >= 4 is 12.4 Å². The molecule has 0 radical (unpaired) electrons. The number of nitrogens with two attached hydrogens (primary N) is 1. The Kier molecular flexibility index (Phi) is 6.36. The van der Waals surface area contributed by atoms with Crippen LogP contribution in [0.1, 0.15) is 17.2 Å². The standard InChI is InChI=1S/C16H19NO2.ClH/c1-18-14-8-9-16(19-2)13(10-14)11-15(17)12-6-4-3-5-7-12;/h3-10,15H,11,17H2,1-2H3;1H. The van der Waals surface area contributed by atoms with Gasteiger partial charge in [-0.25, -0.2) is 0 Å². The minimum Gasteiger partial charge on any atom is -0.497 e. The average molecular weight is 294 g/mol. The highest BCUT2D eigenvalue weighted by Crippen LogP contribution is 2.27. The molecule has 1 unspecified atom stereocenters. The number of benzene rings is 2. The fraction of sp³-hybridized carbons (Fsp3) is 0.250. The summed E-state index contributed by atoms with van der Waals surface area (Å²) in [4.78, 5) is 0. The summed E-state index contributed by atoms with van der Waals surface area (Å²) in [6, 6.07) is 15.8. The first-order valence-corrected chi connectivity index (χ1v) is 6.26. The molecule has 0 spiro atoms. The number of ether oxygens (including phenoxy) is 2.